The number of likely N-dealkylation sites (tertiary alicyclic amines) is 1. The number of carboxylic acid groups (broad SMARTS) is 1. The van der Waals surface area contributed by atoms with Gasteiger partial charge in [0.15, 0.2) is 5.79 Å². The molecule has 2 aliphatic heterocycles. The molecule has 2 fully saturated rings. The van der Waals surface area contributed by atoms with E-state index in [4.69, 9.17) is 20.3 Å². The fraction of sp³-hybridized carbons (Fsp3) is 0.900. The summed E-state index contributed by atoms with van der Waals surface area (Å²) in [5.74, 6) is -1.46. The average Bonchev–Trinajstić information content (AvgIpc) is 2.67. The van der Waals surface area contributed by atoms with Crippen LogP contribution in [0.4, 0.5) is 0 Å². The third kappa shape index (κ3) is 2.20. The van der Waals surface area contributed by atoms with Gasteiger partial charge in [0, 0.05) is 13.0 Å². The second-order valence-corrected chi connectivity index (χ2v) is 4.27. The summed E-state index contributed by atoms with van der Waals surface area (Å²) in [7, 11) is 0. The van der Waals surface area contributed by atoms with E-state index in [1.807, 2.05) is 4.90 Å². The van der Waals surface area contributed by atoms with E-state index in [-0.39, 0.29) is 6.54 Å². The van der Waals surface area contributed by atoms with Crippen molar-refractivity contribution in [1.82, 2.24) is 4.90 Å². The fourth-order valence-electron chi connectivity index (χ4n) is 2.42. The summed E-state index contributed by atoms with van der Waals surface area (Å²) in [6.45, 7) is 2.54. The van der Waals surface area contributed by atoms with Gasteiger partial charge in [0.05, 0.1) is 19.8 Å². The van der Waals surface area contributed by atoms with E-state index in [9.17, 15) is 4.79 Å². The van der Waals surface area contributed by atoms with Gasteiger partial charge >= 0.3 is 5.97 Å². The van der Waals surface area contributed by atoms with Crippen LogP contribution in [-0.4, -0.2) is 60.7 Å². The van der Waals surface area contributed by atoms with E-state index >= 15 is 0 Å². The molecule has 1 unspecified atom stereocenters. The molecule has 0 bridgehead atoms. The van der Waals surface area contributed by atoms with Gasteiger partial charge in [-0.05, 0) is 13.0 Å². The number of piperidine rings is 1. The molecule has 2 saturated heterocycles. The van der Waals surface area contributed by atoms with Crippen LogP contribution in [0, 0.1) is 0 Å². The first kappa shape index (κ1) is 11.8. The average molecular weight is 230 g/mol. The Kier molecular flexibility index (Phi) is 3.44. The van der Waals surface area contributed by atoms with E-state index in [0.717, 1.165) is 19.4 Å². The van der Waals surface area contributed by atoms with E-state index in [1.165, 1.54) is 0 Å². The van der Waals surface area contributed by atoms with Crippen molar-refractivity contribution in [3.63, 3.8) is 0 Å². The van der Waals surface area contributed by atoms with Crippen LogP contribution in [0.2, 0.25) is 0 Å². The van der Waals surface area contributed by atoms with Gasteiger partial charge in [-0.25, -0.2) is 0 Å². The molecule has 1 spiro atoms. The number of carboxylic acids is 1. The smallest absolute Gasteiger partial charge is 0.322 e. The summed E-state index contributed by atoms with van der Waals surface area (Å²) in [6.07, 6.45) is 1.71. The lowest BCUT2D eigenvalue weighted by Gasteiger charge is -2.40. The molecule has 0 saturated carbocycles. The van der Waals surface area contributed by atoms with Gasteiger partial charge in [-0.3, -0.25) is 9.69 Å². The summed E-state index contributed by atoms with van der Waals surface area (Å²) < 4.78 is 11.2. The molecule has 0 aromatic carbocycles. The molecule has 0 aromatic heterocycles. The lowest BCUT2D eigenvalue weighted by Crippen LogP contribution is -2.56. The number of nitrogens with zero attached hydrogens (tertiary/aromatic N) is 1. The summed E-state index contributed by atoms with van der Waals surface area (Å²) in [5.41, 5.74) is 5.49. The van der Waals surface area contributed by atoms with Crippen molar-refractivity contribution in [2.75, 3.05) is 32.8 Å². The maximum atomic E-state index is 11.0. The zero-order chi connectivity index (χ0) is 11.6. The van der Waals surface area contributed by atoms with Gasteiger partial charge in [-0.15, -0.1) is 0 Å². The number of aliphatic carboxylic acids is 1. The third-order valence-corrected chi connectivity index (χ3v) is 3.21. The first-order valence-corrected chi connectivity index (χ1v) is 5.62. The van der Waals surface area contributed by atoms with Crippen molar-refractivity contribution in [1.29, 1.82) is 0 Å². The topological polar surface area (TPSA) is 85.0 Å². The predicted molar refractivity (Wildman–Crippen MR) is 55.9 cm³/mol. The molecular weight excluding hydrogens is 212 g/mol. The zero-order valence-electron chi connectivity index (χ0n) is 9.22. The Morgan fingerprint density at radius 2 is 2.19 bits per heavy atom. The lowest BCUT2D eigenvalue weighted by atomic mass is 10.0. The second-order valence-electron chi connectivity index (χ2n) is 4.27. The SMILES string of the molecule is NCC(C(=O)O)N1CCCC2(C1)OCCO2. The maximum absolute atomic E-state index is 11.0. The number of rotatable bonds is 3. The molecule has 16 heavy (non-hydrogen) atoms. The lowest BCUT2D eigenvalue weighted by molar-refractivity contribution is -0.195. The largest absolute Gasteiger partial charge is 0.480 e. The van der Waals surface area contributed by atoms with E-state index in [2.05, 4.69) is 0 Å². The van der Waals surface area contributed by atoms with Crippen LogP contribution in [0.1, 0.15) is 12.8 Å². The van der Waals surface area contributed by atoms with Gasteiger partial charge in [0.2, 0.25) is 0 Å². The Hall–Kier alpha value is -0.690. The van der Waals surface area contributed by atoms with Crippen LogP contribution in [0.25, 0.3) is 0 Å². The Labute approximate surface area is 94.3 Å². The van der Waals surface area contributed by atoms with Crippen molar-refractivity contribution in [3.8, 4) is 0 Å². The molecular formula is C10H18N2O4. The molecule has 92 valence electrons. The van der Waals surface area contributed by atoms with Gasteiger partial charge in [-0.1, -0.05) is 0 Å². The minimum atomic E-state index is -0.877. The fourth-order valence-corrected chi connectivity index (χ4v) is 2.42. The van der Waals surface area contributed by atoms with E-state index < -0.39 is 17.8 Å². The standard InChI is InChI=1S/C10H18N2O4/c11-6-8(9(13)14)12-3-1-2-10(7-12)15-4-5-16-10/h8H,1-7,11H2,(H,13,14). The maximum Gasteiger partial charge on any atom is 0.322 e. The number of nitrogens with two attached hydrogens (primary N) is 1. The Balaban J connectivity index is 2.03. The highest BCUT2D eigenvalue weighted by Gasteiger charge is 2.43. The number of hydrogen-bond acceptors (Lipinski definition) is 5. The molecule has 6 nitrogen and oxygen atoms in total. The monoisotopic (exact) mass is 230 g/mol. The van der Waals surface area contributed by atoms with Crippen LogP contribution < -0.4 is 5.73 Å². The van der Waals surface area contributed by atoms with Gasteiger partial charge < -0.3 is 20.3 Å². The van der Waals surface area contributed by atoms with Crippen LogP contribution in [0.15, 0.2) is 0 Å². The van der Waals surface area contributed by atoms with E-state index in [1.54, 1.807) is 0 Å². The predicted octanol–water partition coefficient (Wildman–Crippen LogP) is -0.763. The summed E-state index contributed by atoms with van der Waals surface area (Å²) >= 11 is 0. The second kappa shape index (κ2) is 4.67. The quantitative estimate of drug-likeness (QED) is 0.662. The molecule has 0 aliphatic carbocycles. The third-order valence-electron chi connectivity index (χ3n) is 3.21. The molecule has 0 radical (unpaired) electrons. The van der Waals surface area contributed by atoms with Crippen LogP contribution >= 0.6 is 0 Å². The van der Waals surface area contributed by atoms with Crippen LogP contribution in [0.5, 0.6) is 0 Å². The highest BCUT2D eigenvalue weighted by Crippen LogP contribution is 2.30. The normalized spacial score (nSPS) is 27.1. The highest BCUT2D eigenvalue weighted by molar-refractivity contribution is 5.73. The number of hydrogen-bond donors (Lipinski definition) is 2. The first-order chi connectivity index (χ1) is 7.67. The minimum Gasteiger partial charge on any atom is -0.480 e. The molecule has 2 aliphatic rings. The van der Waals surface area contributed by atoms with Crippen molar-refractivity contribution < 1.29 is 19.4 Å². The van der Waals surface area contributed by atoms with Crippen molar-refractivity contribution in [2.45, 2.75) is 24.7 Å². The summed E-state index contributed by atoms with van der Waals surface area (Å²) in [5, 5.41) is 9.05. The Bertz CT molecular complexity index is 266. The minimum absolute atomic E-state index is 0.116. The van der Waals surface area contributed by atoms with Gasteiger partial charge in [0.1, 0.15) is 6.04 Å². The summed E-state index contributed by atoms with van der Waals surface area (Å²) in [6, 6.07) is -0.634. The molecule has 2 heterocycles. The molecule has 0 amide bonds. The molecule has 3 N–H and O–H groups in total. The van der Waals surface area contributed by atoms with Gasteiger partial charge in [0.25, 0.3) is 0 Å². The Morgan fingerprint density at radius 1 is 1.50 bits per heavy atom. The van der Waals surface area contributed by atoms with Crippen molar-refractivity contribution in [3.05, 3.63) is 0 Å². The Morgan fingerprint density at radius 3 is 2.75 bits per heavy atom. The number of carbonyl (C=O) groups is 1. The molecule has 0 aromatic rings. The highest BCUT2D eigenvalue weighted by atomic mass is 16.7. The first-order valence-electron chi connectivity index (χ1n) is 5.62. The summed E-state index contributed by atoms with van der Waals surface area (Å²) in [4.78, 5) is 12.9. The van der Waals surface area contributed by atoms with Crippen molar-refractivity contribution >= 4 is 5.97 Å². The molecule has 2 rings (SSSR count). The van der Waals surface area contributed by atoms with Crippen LogP contribution in [-0.2, 0) is 14.3 Å². The molecule has 6 heteroatoms. The van der Waals surface area contributed by atoms with Crippen LogP contribution in [0.3, 0.4) is 0 Å². The zero-order valence-corrected chi connectivity index (χ0v) is 9.22. The van der Waals surface area contributed by atoms with E-state index in [0.29, 0.717) is 19.8 Å². The number of ether oxygens (including phenoxy) is 2. The van der Waals surface area contributed by atoms with Gasteiger partial charge in [-0.2, -0.15) is 0 Å². The molecule has 1 atom stereocenters. The van der Waals surface area contributed by atoms with Crippen molar-refractivity contribution in [2.24, 2.45) is 5.73 Å².